The summed E-state index contributed by atoms with van der Waals surface area (Å²) < 4.78 is 26.4. The molecule has 0 saturated heterocycles. The van der Waals surface area contributed by atoms with Gasteiger partial charge in [-0.25, -0.2) is 4.39 Å². The first-order valence-electron chi connectivity index (χ1n) is 10.0. The van der Waals surface area contributed by atoms with Crippen molar-refractivity contribution in [2.45, 2.75) is 39.0 Å². The maximum absolute atomic E-state index is 14.3. The number of halogens is 1. The van der Waals surface area contributed by atoms with Crippen LogP contribution < -0.4 is 15.1 Å². The summed E-state index contributed by atoms with van der Waals surface area (Å²) in [7, 11) is -1.27. The van der Waals surface area contributed by atoms with Crippen LogP contribution in [-0.4, -0.2) is 20.5 Å². The van der Waals surface area contributed by atoms with Gasteiger partial charge in [0, 0.05) is 5.56 Å². The molecule has 0 spiro atoms. The molecule has 0 atom stereocenters. The monoisotopic (exact) mass is 424 g/mol. The summed E-state index contributed by atoms with van der Waals surface area (Å²) in [6, 6.07) is 24.0. The Morgan fingerprint density at radius 1 is 0.900 bits per heavy atom. The third-order valence-electron chi connectivity index (χ3n) is 5.44. The van der Waals surface area contributed by atoms with Crippen LogP contribution in [0.5, 0.6) is 5.75 Å². The van der Waals surface area contributed by atoms with Gasteiger partial charge in [0.25, 0.3) is 8.32 Å². The van der Waals surface area contributed by atoms with E-state index in [1.807, 2.05) is 36.4 Å². The minimum absolute atomic E-state index is 0.114. The van der Waals surface area contributed by atoms with E-state index in [0.717, 1.165) is 5.56 Å². The van der Waals surface area contributed by atoms with Gasteiger partial charge < -0.3 is 14.3 Å². The van der Waals surface area contributed by atoms with E-state index < -0.39 is 20.7 Å². The summed E-state index contributed by atoms with van der Waals surface area (Å²) >= 11 is 0. The molecular weight excluding hydrogens is 395 g/mol. The lowest BCUT2D eigenvalue weighted by Crippen LogP contribution is -2.66. The molecule has 3 aromatic rings. The van der Waals surface area contributed by atoms with Gasteiger partial charge in [0.1, 0.15) is 0 Å². The van der Waals surface area contributed by atoms with Gasteiger partial charge in [-0.05, 0) is 33.1 Å². The Balaban J connectivity index is 2.11. The van der Waals surface area contributed by atoms with Crippen molar-refractivity contribution in [3.63, 3.8) is 0 Å². The first-order valence-corrected chi connectivity index (χ1v) is 12.0. The van der Waals surface area contributed by atoms with E-state index >= 15 is 0 Å². The SMILES string of the molecule is COc1cc(CO[Si](c2ccccc2)(c2ccccc2)C(C)(C)C)cc(CO)c1F. The molecule has 30 heavy (non-hydrogen) atoms. The quantitative estimate of drug-likeness (QED) is 0.571. The first kappa shape index (κ1) is 22.2. The van der Waals surface area contributed by atoms with Gasteiger partial charge in [-0.15, -0.1) is 0 Å². The molecular formula is C25H29FO3Si. The number of methoxy groups -OCH3 is 1. The van der Waals surface area contributed by atoms with Crippen molar-refractivity contribution in [3.05, 3.63) is 89.7 Å². The number of aliphatic hydroxyl groups excluding tert-OH is 1. The third kappa shape index (κ3) is 4.19. The summed E-state index contributed by atoms with van der Waals surface area (Å²) in [5.41, 5.74) is 0.973. The van der Waals surface area contributed by atoms with E-state index in [1.54, 1.807) is 12.1 Å². The van der Waals surface area contributed by atoms with Crippen LogP contribution in [0.15, 0.2) is 72.8 Å². The molecule has 0 aliphatic heterocycles. The van der Waals surface area contributed by atoms with Crippen molar-refractivity contribution in [2.75, 3.05) is 7.11 Å². The maximum Gasteiger partial charge on any atom is 0.261 e. The fraction of sp³-hybridized carbons (Fsp3) is 0.280. The van der Waals surface area contributed by atoms with Gasteiger partial charge >= 0.3 is 0 Å². The number of aliphatic hydroxyl groups is 1. The van der Waals surface area contributed by atoms with Crippen molar-refractivity contribution >= 4 is 18.7 Å². The summed E-state index contributed by atoms with van der Waals surface area (Å²) in [4.78, 5) is 0. The van der Waals surface area contributed by atoms with Gasteiger partial charge in [-0.3, -0.25) is 0 Å². The Labute approximate surface area is 179 Å². The summed E-state index contributed by atoms with van der Waals surface area (Å²) in [5.74, 6) is -0.420. The molecule has 0 aromatic heterocycles. The average Bonchev–Trinajstić information content (AvgIpc) is 2.75. The molecule has 0 radical (unpaired) electrons. The Morgan fingerprint density at radius 3 is 1.87 bits per heavy atom. The topological polar surface area (TPSA) is 38.7 Å². The second kappa shape index (κ2) is 9.12. The van der Waals surface area contributed by atoms with E-state index in [4.69, 9.17) is 9.16 Å². The smallest absolute Gasteiger partial charge is 0.261 e. The van der Waals surface area contributed by atoms with Crippen LogP contribution in [0, 0.1) is 5.82 Å². The Morgan fingerprint density at radius 2 is 1.43 bits per heavy atom. The number of rotatable bonds is 7. The second-order valence-corrected chi connectivity index (χ2v) is 12.7. The zero-order valence-electron chi connectivity index (χ0n) is 18.0. The zero-order chi connectivity index (χ0) is 21.8. The highest BCUT2D eigenvalue weighted by Gasteiger charge is 2.50. The van der Waals surface area contributed by atoms with E-state index in [1.165, 1.54) is 17.5 Å². The van der Waals surface area contributed by atoms with Crippen LogP contribution in [-0.2, 0) is 17.6 Å². The van der Waals surface area contributed by atoms with Crippen molar-refractivity contribution in [1.29, 1.82) is 0 Å². The summed E-state index contributed by atoms with van der Waals surface area (Å²) in [6.45, 7) is 6.53. The third-order valence-corrected chi connectivity index (χ3v) is 10.4. The summed E-state index contributed by atoms with van der Waals surface area (Å²) in [6.07, 6.45) is 0. The van der Waals surface area contributed by atoms with Crippen molar-refractivity contribution < 1.29 is 18.7 Å². The van der Waals surface area contributed by atoms with Crippen LogP contribution in [0.3, 0.4) is 0 Å². The number of ether oxygens (including phenoxy) is 1. The molecule has 0 saturated carbocycles. The van der Waals surface area contributed by atoms with E-state index in [2.05, 4.69) is 45.0 Å². The molecule has 0 aliphatic rings. The largest absolute Gasteiger partial charge is 0.494 e. The van der Waals surface area contributed by atoms with Crippen LogP contribution in [0.1, 0.15) is 31.9 Å². The fourth-order valence-electron chi connectivity index (χ4n) is 4.02. The average molecular weight is 425 g/mol. The molecule has 3 nitrogen and oxygen atoms in total. The van der Waals surface area contributed by atoms with E-state index in [9.17, 15) is 9.50 Å². The second-order valence-electron chi connectivity index (χ2n) is 8.38. The fourth-order valence-corrected chi connectivity index (χ4v) is 8.56. The number of benzene rings is 3. The molecule has 5 heteroatoms. The normalized spacial score (nSPS) is 12.1. The van der Waals surface area contributed by atoms with Crippen molar-refractivity contribution in [3.8, 4) is 5.75 Å². The molecule has 158 valence electrons. The molecule has 1 N–H and O–H groups in total. The highest BCUT2D eigenvalue weighted by atomic mass is 28.4. The van der Waals surface area contributed by atoms with Gasteiger partial charge in [0.2, 0.25) is 0 Å². The molecule has 0 fully saturated rings. The van der Waals surface area contributed by atoms with Crippen molar-refractivity contribution in [1.82, 2.24) is 0 Å². The van der Waals surface area contributed by atoms with Crippen LogP contribution >= 0.6 is 0 Å². The zero-order valence-corrected chi connectivity index (χ0v) is 19.0. The van der Waals surface area contributed by atoms with E-state index in [0.29, 0.717) is 0 Å². The lowest BCUT2D eigenvalue weighted by molar-refractivity contribution is 0.268. The number of hydrogen-bond acceptors (Lipinski definition) is 3. The van der Waals surface area contributed by atoms with Gasteiger partial charge in [0.15, 0.2) is 11.6 Å². The molecule has 0 unspecified atom stereocenters. The Kier molecular flexibility index (Phi) is 6.76. The predicted molar refractivity (Wildman–Crippen MR) is 121 cm³/mol. The van der Waals surface area contributed by atoms with Gasteiger partial charge in [-0.2, -0.15) is 0 Å². The van der Waals surface area contributed by atoms with Crippen LogP contribution in [0.4, 0.5) is 4.39 Å². The van der Waals surface area contributed by atoms with Gasteiger partial charge in [-0.1, -0.05) is 81.4 Å². The van der Waals surface area contributed by atoms with Gasteiger partial charge in [0.05, 0.1) is 20.3 Å². The predicted octanol–water partition coefficient (Wildman–Crippen LogP) is 4.40. The van der Waals surface area contributed by atoms with Crippen LogP contribution in [0.25, 0.3) is 0 Å². The molecule has 0 heterocycles. The number of hydrogen-bond donors (Lipinski definition) is 1. The minimum atomic E-state index is -2.70. The van der Waals surface area contributed by atoms with Crippen LogP contribution in [0.2, 0.25) is 5.04 Å². The molecule has 0 aliphatic carbocycles. The van der Waals surface area contributed by atoms with E-state index in [-0.39, 0.29) is 23.0 Å². The molecule has 0 amide bonds. The highest BCUT2D eigenvalue weighted by molar-refractivity contribution is 6.99. The lowest BCUT2D eigenvalue weighted by Gasteiger charge is -2.43. The highest BCUT2D eigenvalue weighted by Crippen LogP contribution is 2.37. The standard InChI is InChI=1S/C25H29FO3Si/c1-25(2,3)30(21-11-7-5-8-12-21,22-13-9-6-10-14-22)29-18-19-15-20(17-27)24(26)23(16-19)28-4/h5-16,27H,17-18H2,1-4H3. The molecule has 3 rings (SSSR count). The Hall–Kier alpha value is -2.47. The lowest BCUT2D eigenvalue weighted by atomic mass is 10.1. The maximum atomic E-state index is 14.3. The molecule has 0 bridgehead atoms. The molecule has 3 aromatic carbocycles. The minimum Gasteiger partial charge on any atom is -0.494 e. The first-order chi connectivity index (χ1) is 14.3. The summed E-state index contributed by atoms with van der Waals surface area (Å²) in [5, 5.41) is 11.8. The Bertz CT molecular complexity index is 904. The van der Waals surface area contributed by atoms with Crippen molar-refractivity contribution in [2.24, 2.45) is 0 Å².